The summed E-state index contributed by atoms with van der Waals surface area (Å²) in [6.45, 7) is 4.46. The van der Waals surface area contributed by atoms with Gasteiger partial charge in [0.1, 0.15) is 17.6 Å². The number of hydrogen-bond acceptors (Lipinski definition) is 6. The highest BCUT2D eigenvalue weighted by Gasteiger charge is 2.56. The molecule has 4 aromatic rings. The van der Waals surface area contributed by atoms with Crippen LogP contribution < -0.4 is 14.5 Å². The van der Waals surface area contributed by atoms with Gasteiger partial charge in [0.15, 0.2) is 0 Å². The molecular weight excluding hydrogens is 504 g/mol. The summed E-state index contributed by atoms with van der Waals surface area (Å²) < 4.78 is 5.99. The number of rotatable bonds is 5. The molecule has 1 aromatic heterocycles. The van der Waals surface area contributed by atoms with E-state index in [9.17, 15) is 14.4 Å². The first-order valence-electron chi connectivity index (χ1n) is 12.0. The molecule has 2 aliphatic rings. The first kappa shape index (κ1) is 23.8. The van der Waals surface area contributed by atoms with Crippen molar-refractivity contribution >= 4 is 40.6 Å². The minimum absolute atomic E-state index is 0.184. The van der Waals surface area contributed by atoms with Crippen LogP contribution in [0.2, 0.25) is 0 Å². The Balaban J connectivity index is 1.32. The van der Waals surface area contributed by atoms with E-state index in [4.69, 9.17) is 4.74 Å². The number of aromatic amines is 1. The average Bonchev–Trinajstić information content (AvgIpc) is 3.38. The molecule has 6 nitrogen and oxygen atoms in total. The molecule has 0 saturated carbocycles. The van der Waals surface area contributed by atoms with E-state index in [1.54, 1.807) is 12.1 Å². The number of thiazole rings is 1. The van der Waals surface area contributed by atoms with E-state index >= 15 is 0 Å². The second-order valence-electron chi connectivity index (χ2n) is 9.44. The smallest absolute Gasteiger partial charge is 0.305 e. The van der Waals surface area contributed by atoms with E-state index in [0.29, 0.717) is 23.1 Å². The van der Waals surface area contributed by atoms with Gasteiger partial charge < -0.3 is 9.72 Å². The van der Waals surface area contributed by atoms with Crippen molar-refractivity contribution in [1.29, 1.82) is 0 Å². The van der Waals surface area contributed by atoms with Gasteiger partial charge in [-0.15, -0.1) is 0 Å². The van der Waals surface area contributed by atoms with Crippen LogP contribution >= 0.6 is 23.1 Å². The van der Waals surface area contributed by atoms with Gasteiger partial charge in [-0.05, 0) is 49.2 Å². The number of carbonyl (C=O) groups is 2. The van der Waals surface area contributed by atoms with Gasteiger partial charge in [0.05, 0.1) is 16.6 Å². The molecule has 3 aromatic carbocycles. The van der Waals surface area contributed by atoms with E-state index in [-0.39, 0.29) is 16.7 Å². The molecule has 37 heavy (non-hydrogen) atoms. The Morgan fingerprint density at radius 3 is 2.38 bits per heavy atom. The molecule has 2 amide bonds. The third-order valence-electron chi connectivity index (χ3n) is 6.84. The normalized spacial score (nSPS) is 20.6. The number of amides is 2. The SMILES string of the molecule is Cc1ccc(N2C(=O)[C@H]3[C@H](c4ccc(OCc5cccc(C)c5)cc4)c4sc(=O)[nH]c4S[C@H]3C2=O)cc1. The molecule has 1 N–H and O–H groups in total. The Morgan fingerprint density at radius 2 is 1.65 bits per heavy atom. The molecule has 0 bridgehead atoms. The number of benzene rings is 3. The van der Waals surface area contributed by atoms with Crippen molar-refractivity contribution in [2.45, 2.75) is 36.6 Å². The largest absolute Gasteiger partial charge is 0.489 e. The number of imide groups is 1. The highest BCUT2D eigenvalue weighted by Crippen LogP contribution is 2.53. The van der Waals surface area contributed by atoms with Gasteiger partial charge >= 0.3 is 4.87 Å². The van der Waals surface area contributed by atoms with E-state index in [1.165, 1.54) is 22.2 Å². The Labute approximate surface area is 222 Å². The van der Waals surface area contributed by atoms with Crippen LogP contribution in [-0.4, -0.2) is 22.0 Å². The number of hydrogen-bond donors (Lipinski definition) is 1. The third-order valence-corrected chi connectivity index (χ3v) is 9.24. The summed E-state index contributed by atoms with van der Waals surface area (Å²) >= 11 is 2.40. The van der Waals surface area contributed by atoms with Crippen molar-refractivity contribution in [3.8, 4) is 5.75 Å². The lowest BCUT2D eigenvalue weighted by Gasteiger charge is -2.29. The molecule has 3 atom stereocenters. The Hall–Kier alpha value is -3.62. The zero-order valence-corrected chi connectivity index (χ0v) is 21.9. The topological polar surface area (TPSA) is 79.5 Å². The minimum atomic E-state index is -0.603. The summed E-state index contributed by atoms with van der Waals surface area (Å²) in [6, 6.07) is 23.2. The fourth-order valence-electron chi connectivity index (χ4n) is 5.06. The molecule has 0 radical (unpaired) electrons. The van der Waals surface area contributed by atoms with Crippen LogP contribution in [0, 0.1) is 19.8 Å². The summed E-state index contributed by atoms with van der Waals surface area (Å²) in [5.74, 6) is -0.767. The van der Waals surface area contributed by atoms with Gasteiger partial charge in [0.25, 0.3) is 0 Å². The predicted molar refractivity (Wildman–Crippen MR) is 146 cm³/mol. The molecule has 8 heteroatoms. The van der Waals surface area contributed by atoms with Crippen LogP contribution in [0.25, 0.3) is 0 Å². The number of anilines is 1. The summed E-state index contributed by atoms with van der Waals surface area (Å²) in [7, 11) is 0. The van der Waals surface area contributed by atoms with Crippen LogP contribution in [0.3, 0.4) is 0 Å². The van der Waals surface area contributed by atoms with Crippen molar-refractivity contribution < 1.29 is 14.3 Å². The molecule has 3 heterocycles. The molecular formula is C29H24N2O4S2. The fourth-order valence-corrected chi connectivity index (χ4v) is 7.58. The highest BCUT2D eigenvalue weighted by molar-refractivity contribution is 8.00. The maximum Gasteiger partial charge on any atom is 0.305 e. The van der Waals surface area contributed by atoms with Crippen LogP contribution in [0.5, 0.6) is 5.75 Å². The highest BCUT2D eigenvalue weighted by atomic mass is 32.2. The lowest BCUT2D eigenvalue weighted by atomic mass is 9.83. The number of nitrogens with zero attached hydrogens (tertiary/aromatic N) is 1. The van der Waals surface area contributed by atoms with Crippen molar-refractivity contribution in [2.75, 3.05) is 4.90 Å². The Bertz CT molecular complexity index is 1560. The molecule has 0 unspecified atom stereocenters. The fraction of sp³-hybridized carbons (Fsp3) is 0.207. The van der Waals surface area contributed by atoms with E-state index in [0.717, 1.165) is 32.9 Å². The Kier molecular flexibility index (Phi) is 6.01. The second-order valence-corrected chi connectivity index (χ2v) is 11.6. The predicted octanol–water partition coefficient (Wildman–Crippen LogP) is 5.43. The first-order chi connectivity index (χ1) is 17.9. The molecule has 0 aliphatic carbocycles. The van der Waals surface area contributed by atoms with Gasteiger partial charge in [0, 0.05) is 10.8 Å². The summed E-state index contributed by atoms with van der Waals surface area (Å²) in [5, 5.41) is 0.0710. The van der Waals surface area contributed by atoms with Crippen LogP contribution in [0.4, 0.5) is 5.69 Å². The van der Waals surface area contributed by atoms with E-state index < -0.39 is 17.1 Å². The summed E-state index contributed by atoms with van der Waals surface area (Å²) in [5.41, 5.74) is 4.77. The number of ether oxygens (including phenoxy) is 1. The van der Waals surface area contributed by atoms with E-state index in [2.05, 4.69) is 11.1 Å². The average molecular weight is 529 g/mol. The van der Waals surface area contributed by atoms with Crippen molar-refractivity contribution in [1.82, 2.24) is 4.98 Å². The standard InChI is InChI=1S/C29H24N2O4S2/c1-16-6-10-20(11-7-16)31-27(32)23-22(24-26(30-29(34)37-24)36-25(23)28(31)33)19-8-12-21(13-9-19)35-15-18-5-3-4-17(2)14-18/h3-14,22-23,25H,15H2,1-2H3,(H,30,34)/t22-,23-,25+/m0/s1. The number of aryl methyl sites for hydroxylation is 2. The second kappa shape index (κ2) is 9.36. The lowest BCUT2D eigenvalue weighted by molar-refractivity contribution is -0.122. The number of carbonyl (C=O) groups excluding carboxylic acids is 2. The van der Waals surface area contributed by atoms with Crippen molar-refractivity contribution in [3.63, 3.8) is 0 Å². The van der Waals surface area contributed by atoms with Gasteiger partial charge in [-0.25, -0.2) is 4.90 Å². The summed E-state index contributed by atoms with van der Waals surface area (Å²) in [4.78, 5) is 44.4. The molecule has 2 aliphatic heterocycles. The molecule has 0 spiro atoms. The maximum absolute atomic E-state index is 13.8. The number of aromatic nitrogens is 1. The Morgan fingerprint density at radius 1 is 0.892 bits per heavy atom. The van der Waals surface area contributed by atoms with Crippen LogP contribution in [-0.2, 0) is 16.2 Å². The quantitative estimate of drug-likeness (QED) is 0.350. The van der Waals surface area contributed by atoms with Gasteiger partial charge in [-0.3, -0.25) is 14.4 Å². The number of H-pyrrole nitrogens is 1. The number of nitrogens with one attached hydrogen (secondary N) is 1. The molecule has 186 valence electrons. The maximum atomic E-state index is 13.8. The zero-order chi connectivity index (χ0) is 25.7. The lowest BCUT2D eigenvalue weighted by Crippen LogP contribution is -2.32. The molecule has 1 fully saturated rings. The first-order valence-corrected chi connectivity index (χ1v) is 13.7. The third kappa shape index (κ3) is 4.30. The van der Waals surface area contributed by atoms with Crippen LogP contribution in [0.1, 0.15) is 33.0 Å². The van der Waals surface area contributed by atoms with Crippen molar-refractivity contribution in [2.24, 2.45) is 5.92 Å². The molecule has 6 rings (SSSR count). The van der Waals surface area contributed by atoms with E-state index in [1.807, 2.05) is 68.4 Å². The monoisotopic (exact) mass is 528 g/mol. The van der Waals surface area contributed by atoms with Gasteiger partial charge in [-0.2, -0.15) is 0 Å². The van der Waals surface area contributed by atoms with Gasteiger partial charge in [-0.1, -0.05) is 82.8 Å². The van der Waals surface area contributed by atoms with Gasteiger partial charge in [0.2, 0.25) is 11.8 Å². The van der Waals surface area contributed by atoms with Crippen molar-refractivity contribution in [3.05, 3.63) is 110 Å². The number of thioether (sulfide) groups is 1. The zero-order valence-electron chi connectivity index (χ0n) is 20.3. The number of fused-ring (bicyclic) bond motifs is 2. The molecule has 1 saturated heterocycles. The minimum Gasteiger partial charge on any atom is -0.489 e. The summed E-state index contributed by atoms with van der Waals surface area (Å²) in [6.07, 6.45) is 0. The van der Waals surface area contributed by atoms with Crippen LogP contribution in [0.15, 0.2) is 82.6 Å².